The average Bonchev–Trinajstić information content (AvgIpc) is 2.41. The van der Waals surface area contributed by atoms with Crippen molar-refractivity contribution in [1.29, 1.82) is 0 Å². The van der Waals surface area contributed by atoms with Crippen molar-refractivity contribution < 1.29 is 14.7 Å². The van der Waals surface area contributed by atoms with Crippen LogP contribution in [0.1, 0.15) is 25.7 Å². The van der Waals surface area contributed by atoms with Gasteiger partial charge in [0.25, 0.3) is 0 Å². The SMILES string of the molecule is O=C(O)[C@@H]1CCCC[C@H]1C(=O)Nc1ccc(I)cc1. The number of hydrogen-bond acceptors (Lipinski definition) is 2. The Morgan fingerprint density at radius 3 is 2.26 bits per heavy atom. The molecule has 1 aliphatic carbocycles. The van der Waals surface area contributed by atoms with Crippen LogP contribution in [0.3, 0.4) is 0 Å². The number of anilines is 1. The smallest absolute Gasteiger partial charge is 0.307 e. The molecule has 0 aliphatic heterocycles. The lowest BCUT2D eigenvalue weighted by atomic mass is 9.78. The van der Waals surface area contributed by atoms with Gasteiger partial charge in [0.1, 0.15) is 0 Å². The molecule has 1 aromatic carbocycles. The molecule has 2 atom stereocenters. The van der Waals surface area contributed by atoms with E-state index in [0.717, 1.165) is 22.1 Å². The van der Waals surface area contributed by atoms with Gasteiger partial charge in [-0.2, -0.15) is 0 Å². The third-order valence-corrected chi connectivity index (χ3v) is 4.25. The zero-order valence-electron chi connectivity index (χ0n) is 10.4. The first kappa shape index (κ1) is 14.3. The van der Waals surface area contributed by atoms with Gasteiger partial charge in [-0.05, 0) is 59.7 Å². The molecule has 1 amide bonds. The highest BCUT2D eigenvalue weighted by Crippen LogP contribution is 2.31. The van der Waals surface area contributed by atoms with Crippen molar-refractivity contribution in [3.8, 4) is 0 Å². The van der Waals surface area contributed by atoms with Crippen molar-refractivity contribution in [2.24, 2.45) is 11.8 Å². The zero-order valence-corrected chi connectivity index (χ0v) is 12.6. The van der Waals surface area contributed by atoms with Crippen LogP contribution in [-0.2, 0) is 9.59 Å². The Balaban J connectivity index is 2.05. The minimum absolute atomic E-state index is 0.173. The third-order valence-electron chi connectivity index (χ3n) is 3.53. The Morgan fingerprint density at radius 2 is 1.68 bits per heavy atom. The Morgan fingerprint density at radius 1 is 1.11 bits per heavy atom. The van der Waals surface area contributed by atoms with Gasteiger partial charge < -0.3 is 10.4 Å². The minimum atomic E-state index is -0.859. The van der Waals surface area contributed by atoms with Gasteiger partial charge in [0.2, 0.25) is 5.91 Å². The van der Waals surface area contributed by atoms with E-state index in [4.69, 9.17) is 0 Å². The maximum absolute atomic E-state index is 12.2. The van der Waals surface area contributed by atoms with Crippen molar-refractivity contribution in [3.05, 3.63) is 27.8 Å². The van der Waals surface area contributed by atoms with Gasteiger partial charge in [0, 0.05) is 9.26 Å². The van der Waals surface area contributed by atoms with Crippen LogP contribution in [0.5, 0.6) is 0 Å². The Hall–Kier alpha value is -1.11. The second-order valence-electron chi connectivity index (χ2n) is 4.83. The molecular weight excluding hydrogens is 357 g/mol. The molecule has 0 bridgehead atoms. The third kappa shape index (κ3) is 3.68. The van der Waals surface area contributed by atoms with Gasteiger partial charge in [-0.15, -0.1) is 0 Å². The van der Waals surface area contributed by atoms with E-state index in [1.54, 1.807) is 0 Å². The Bertz CT molecular complexity index is 472. The van der Waals surface area contributed by atoms with Gasteiger partial charge in [0.15, 0.2) is 0 Å². The van der Waals surface area contributed by atoms with Crippen LogP contribution in [0.15, 0.2) is 24.3 Å². The first-order chi connectivity index (χ1) is 9.08. The number of rotatable bonds is 3. The monoisotopic (exact) mass is 373 g/mol. The van der Waals surface area contributed by atoms with Crippen LogP contribution in [0.25, 0.3) is 0 Å². The summed E-state index contributed by atoms with van der Waals surface area (Å²) in [5.74, 6) is -1.99. The van der Waals surface area contributed by atoms with Crippen LogP contribution in [0.4, 0.5) is 5.69 Å². The first-order valence-corrected chi connectivity index (χ1v) is 7.45. The zero-order chi connectivity index (χ0) is 13.8. The summed E-state index contributed by atoms with van der Waals surface area (Å²) in [7, 11) is 0. The molecule has 1 fully saturated rings. The summed E-state index contributed by atoms with van der Waals surface area (Å²) in [6.45, 7) is 0. The second-order valence-corrected chi connectivity index (χ2v) is 6.08. The fraction of sp³-hybridized carbons (Fsp3) is 0.429. The highest BCUT2D eigenvalue weighted by molar-refractivity contribution is 14.1. The van der Waals surface area contributed by atoms with Crippen LogP contribution in [0, 0.1) is 15.4 Å². The van der Waals surface area contributed by atoms with E-state index < -0.39 is 17.8 Å². The number of amides is 1. The first-order valence-electron chi connectivity index (χ1n) is 6.37. The van der Waals surface area contributed by atoms with Gasteiger partial charge in [-0.25, -0.2) is 0 Å². The molecule has 102 valence electrons. The van der Waals surface area contributed by atoms with E-state index in [1.165, 1.54) is 0 Å². The number of nitrogens with one attached hydrogen (secondary N) is 1. The highest BCUT2D eigenvalue weighted by atomic mass is 127. The van der Waals surface area contributed by atoms with Crippen LogP contribution in [-0.4, -0.2) is 17.0 Å². The molecular formula is C14H16INO3. The quantitative estimate of drug-likeness (QED) is 0.801. The number of carboxylic acid groups (broad SMARTS) is 1. The number of benzene rings is 1. The van der Waals surface area contributed by atoms with E-state index in [1.807, 2.05) is 24.3 Å². The van der Waals surface area contributed by atoms with Gasteiger partial charge in [0.05, 0.1) is 11.8 Å². The van der Waals surface area contributed by atoms with E-state index in [-0.39, 0.29) is 5.91 Å². The van der Waals surface area contributed by atoms with E-state index in [9.17, 15) is 14.7 Å². The van der Waals surface area contributed by atoms with E-state index in [2.05, 4.69) is 27.9 Å². The van der Waals surface area contributed by atoms with Gasteiger partial charge >= 0.3 is 5.97 Å². The molecule has 1 saturated carbocycles. The fourth-order valence-electron chi connectivity index (χ4n) is 2.51. The molecule has 1 aromatic rings. The summed E-state index contributed by atoms with van der Waals surface area (Å²) in [6.07, 6.45) is 3.08. The molecule has 0 heterocycles. The summed E-state index contributed by atoms with van der Waals surface area (Å²) < 4.78 is 1.09. The largest absolute Gasteiger partial charge is 0.481 e. The summed E-state index contributed by atoms with van der Waals surface area (Å²) in [5, 5.41) is 12.0. The summed E-state index contributed by atoms with van der Waals surface area (Å²) in [6, 6.07) is 7.48. The Labute approximate surface area is 125 Å². The molecule has 0 saturated heterocycles. The van der Waals surface area contributed by atoms with Crippen molar-refractivity contribution in [2.45, 2.75) is 25.7 Å². The fourth-order valence-corrected chi connectivity index (χ4v) is 2.87. The second kappa shape index (κ2) is 6.36. The Kier molecular flexibility index (Phi) is 4.79. The van der Waals surface area contributed by atoms with Crippen molar-refractivity contribution >= 4 is 40.2 Å². The summed E-state index contributed by atoms with van der Waals surface area (Å²) in [5.41, 5.74) is 0.722. The maximum Gasteiger partial charge on any atom is 0.307 e. The maximum atomic E-state index is 12.2. The number of halogens is 1. The molecule has 2 N–H and O–H groups in total. The molecule has 0 unspecified atom stereocenters. The molecule has 5 heteroatoms. The predicted octanol–water partition coefficient (Wildman–Crippen LogP) is 3.12. The van der Waals surface area contributed by atoms with Crippen LogP contribution < -0.4 is 5.32 Å². The lowest BCUT2D eigenvalue weighted by Gasteiger charge is -2.27. The lowest BCUT2D eigenvalue weighted by molar-refractivity contribution is -0.147. The predicted molar refractivity (Wildman–Crippen MR) is 80.9 cm³/mol. The standard InChI is InChI=1S/C14H16INO3/c15-9-5-7-10(8-6-9)16-13(17)11-3-1-2-4-12(11)14(18)19/h5-8,11-12H,1-4H2,(H,16,17)(H,18,19)/t11-,12-/m1/s1. The number of carbonyl (C=O) groups excluding carboxylic acids is 1. The minimum Gasteiger partial charge on any atom is -0.481 e. The number of carbonyl (C=O) groups is 2. The van der Waals surface area contributed by atoms with Gasteiger partial charge in [-0.1, -0.05) is 12.8 Å². The van der Waals surface area contributed by atoms with Crippen LogP contribution >= 0.6 is 22.6 Å². The lowest BCUT2D eigenvalue weighted by Crippen LogP contribution is -2.36. The highest BCUT2D eigenvalue weighted by Gasteiger charge is 2.35. The molecule has 19 heavy (non-hydrogen) atoms. The summed E-state index contributed by atoms with van der Waals surface area (Å²) >= 11 is 2.19. The molecule has 4 nitrogen and oxygen atoms in total. The number of hydrogen-bond donors (Lipinski definition) is 2. The van der Waals surface area contributed by atoms with Crippen molar-refractivity contribution in [3.63, 3.8) is 0 Å². The normalized spacial score (nSPS) is 22.8. The van der Waals surface area contributed by atoms with Crippen LogP contribution in [0.2, 0.25) is 0 Å². The topological polar surface area (TPSA) is 66.4 Å². The molecule has 2 rings (SSSR count). The van der Waals surface area contributed by atoms with Crippen molar-refractivity contribution in [2.75, 3.05) is 5.32 Å². The average molecular weight is 373 g/mol. The van der Waals surface area contributed by atoms with Gasteiger partial charge in [-0.3, -0.25) is 9.59 Å². The molecule has 1 aliphatic rings. The molecule has 0 aromatic heterocycles. The van der Waals surface area contributed by atoms with Crippen molar-refractivity contribution in [1.82, 2.24) is 0 Å². The summed E-state index contributed by atoms with van der Waals surface area (Å²) in [4.78, 5) is 23.4. The van der Waals surface area contributed by atoms with E-state index in [0.29, 0.717) is 12.8 Å². The van der Waals surface area contributed by atoms with E-state index >= 15 is 0 Å². The molecule has 0 radical (unpaired) electrons. The molecule has 0 spiro atoms. The number of carboxylic acids is 1. The number of aliphatic carboxylic acids is 1.